The lowest BCUT2D eigenvalue weighted by Gasteiger charge is -1.97. The van der Waals surface area contributed by atoms with E-state index in [1.54, 1.807) is 0 Å². The van der Waals surface area contributed by atoms with Crippen LogP contribution in [0.2, 0.25) is 0 Å². The molecule has 0 saturated heterocycles. The van der Waals surface area contributed by atoms with Gasteiger partial charge < -0.3 is 0 Å². The van der Waals surface area contributed by atoms with Crippen LogP contribution in [0.25, 0.3) is 0 Å². The van der Waals surface area contributed by atoms with Gasteiger partial charge >= 0.3 is 0 Å². The van der Waals surface area contributed by atoms with Crippen molar-refractivity contribution in [1.29, 1.82) is 0 Å². The van der Waals surface area contributed by atoms with E-state index in [-0.39, 0.29) is 7.28 Å². The smallest absolute Gasteiger partial charge is 0.259 e. The Morgan fingerprint density at radius 2 is 1.75 bits per heavy atom. The zero-order valence-corrected chi connectivity index (χ0v) is 8.06. The van der Waals surface area contributed by atoms with Gasteiger partial charge in [0.2, 0.25) is 0 Å². The molecule has 12 heavy (non-hydrogen) atoms. The second-order valence-electron chi connectivity index (χ2n) is 2.07. The molecule has 72 valence electrons. The number of hydrogen-bond acceptors (Lipinski definition) is 5. The number of rotatable bonds is 5. The van der Waals surface area contributed by atoms with Gasteiger partial charge in [-0.15, -0.1) is 0 Å². The maximum absolute atomic E-state index is 10.6. The van der Waals surface area contributed by atoms with Crippen molar-refractivity contribution in [2.45, 2.75) is 0 Å². The van der Waals surface area contributed by atoms with Gasteiger partial charge in [0.1, 0.15) is 0 Å². The zero-order valence-electron chi connectivity index (χ0n) is 6.43. The van der Waals surface area contributed by atoms with Crippen LogP contribution in [0.15, 0.2) is 0 Å². The van der Waals surface area contributed by atoms with Gasteiger partial charge in [0, 0.05) is 11.3 Å². The molecule has 0 aromatic heterocycles. The third-order valence-electron chi connectivity index (χ3n) is 1.05. The van der Waals surface area contributed by atoms with E-state index < -0.39 is 31.5 Å². The predicted molar refractivity (Wildman–Crippen MR) is 44.4 cm³/mol. The lowest BCUT2D eigenvalue weighted by atomic mass is 9.86. The average molecular weight is 216 g/mol. The largest absolute Gasteiger partial charge is 0.286 e. The summed E-state index contributed by atoms with van der Waals surface area (Å²) in [5, 5.41) is 0. The van der Waals surface area contributed by atoms with E-state index in [1.165, 1.54) is 0 Å². The quantitative estimate of drug-likeness (QED) is 0.331. The summed E-state index contributed by atoms with van der Waals surface area (Å²) >= 11 is 0. The SMILES string of the molecule is COS(=O)(=O)CBCS(=O)(=O)O. The van der Waals surface area contributed by atoms with Crippen LogP contribution in [0.3, 0.4) is 0 Å². The Kier molecular flexibility index (Phi) is 4.17. The summed E-state index contributed by atoms with van der Waals surface area (Å²) in [5.74, 6) is 0. The molecule has 0 rings (SSSR count). The average Bonchev–Trinajstić information content (AvgIpc) is 1.84. The number of hydrogen-bond donors (Lipinski definition) is 1. The van der Waals surface area contributed by atoms with Crippen molar-refractivity contribution in [2.24, 2.45) is 0 Å². The summed E-state index contributed by atoms with van der Waals surface area (Å²) < 4.78 is 53.7. The summed E-state index contributed by atoms with van der Waals surface area (Å²) in [4.78, 5) is 0. The fourth-order valence-corrected chi connectivity index (χ4v) is 1.86. The van der Waals surface area contributed by atoms with Crippen LogP contribution in [0.1, 0.15) is 0 Å². The van der Waals surface area contributed by atoms with Crippen molar-refractivity contribution in [1.82, 2.24) is 0 Å². The summed E-state index contributed by atoms with van der Waals surface area (Å²) in [6.45, 7) is 0. The molecule has 6 nitrogen and oxygen atoms in total. The Bertz CT molecular complexity index is 315. The van der Waals surface area contributed by atoms with E-state index in [0.29, 0.717) is 0 Å². The van der Waals surface area contributed by atoms with E-state index in [1.807, 2.05) is 0 Å². The highest BCUT2D eigenvalue weighted by atomic mass is 32.2. The first-order valence-corrected chi connectivity index (χ1v) is 6.19. The highest BCUT2D eigenvalue weighted by molar-refractivity contribution is 7.89. The lowest BCUT2D eigenvalue weighted by Crippen LogP contribution is -2.21. The van der Waals surface area contributed by atoms with Crippen molar-refractivity contribution >= 4 is 27.5 Å². The molecule has 0 radical (unpaired) electrons. The summed E-state index contributed by atoms with van der Waals surface area (Å²) in [5.41, 5.74) is -0.987. The molecule has 0 atom stereocenters. The standard InChI is InChI=1S/C3H9BO6S2/c1-10-12(8,9)3-4-2-11(5,6)7/h4H,2-3H2,1H3,(H,5,6,7). The van der Waals surface area contributed by atoms with Gasteiger partial charge in [-0.25, -0.2) is 16.8 Å². The van der Waals surface area contributed by atoms with Crippen LogP contribution >= 0.6 is 0 Å². The minimum atomic E-state index is -4.07. The molecule has 0 aromatic rings. The molecule has 0 fully saturated rings. The van der Waals surface area contributed by atoms with E-state index >= 15 is 0 Å². The Labute approximate surface area is 72.0 Å². The summed E-state index contributed by atoms with van der Waals surface area (Å²) in [7, 11) is -6.87. The minimum Gasteiger partial charge on any atom is -0.286 e. The van der Waals surface area contributed by atoms with E-state index in [2.05, 4.69) is 4.18 Å². The van der Waals surface area contributed by atoms with Crippen LogP contribution < -0.4 is 0 Å². The summed E-state index contributed by atoms with van der Waals surface area (Å²) in [6, 6.07) is 0. The van der Waals surface area contributed by atoms with E-state index in [0.717, 1.165) is 7.11 Å². The first-order chi connectivity index (χ1) is 5.27. The maximum Gasteiger partial charge on any atom is 0.259 e. The minimum absolute atomic E-state index is 0.172. The third-order valence-corrected chi connectivity index (χ3v) is 3.15. The predicted octanol–water partition coefficient (Wildman–Crippen LogP) is -1.80. The molecule has 0 aliphatic heterocycles. The van der Waals surface area contributed by atoms with Crippen molar-refractivity contribution in [2.75, 3.05) is 18.4 Å². The Morgan fingerprint density at radius 3 is 2.08 bits per heavy atom. The van der Waals surface area contributed by atoms with Crippen molar-refractivity contribution in [3.05, 3.63) is 0 Å². The second kappa shape index (κ2) is 4.22. The van der Waals surface area contributed by atoms with Gasteiger partial charge in [-0.3, -0.25) is 8.74 Å². The normalized spacial score (nSPS) is 12.8. The zero-order chi connectivity index (χ0) is 9.83. The monoisotopic (exact) mass is 216 g/mol. The Balaban J connectivity index is 3.89. The molecule has 0 aliphatic rings. The van der Waals surface area contributed by atoms with Gasteiger partial charge in [0.15, 0.2) is 7.28 Å². The van der Waals surface area contributed by atoms with Crippen LogP contribution in [0, 0.1) is 0 Å². The fraction of sp³-hybridized carbons (Fsp3) is 1.00. The van der Waals surface area contributed by atoms with Gasteiger partial charge in [-0.05, 0) is 0 Å². The fourth-order valence-electron chi connectivity index (χ4n) is 0.501. The maximum atomic E-state index is 10.6. The first-order valence-electron chi connectivity index (χ1n) is 3.00. The molecule has 0 unspecified atom stereocenters. The molecule has 0 aromatic carbocycles. The second-order valence-corrected chi connectivity index (χ2v) is 5.50. The Morgan fingerprint density at radius 1 is 1.25 bits per heavy atom. The highest BCUT2D eigenvalue weighted by Gasteiger charge is 2.13. The molecule has 1 N–H and O–H groups in total. The third kappa shape index (κ3) is 6.59. The van der Waals surface area contributed by atoms with Gasteiger partial charge in [0.05, 0.1) is 7.11 Å². The van der Waals surface area contributed by atoms with E-state index in [4.69, 9.17) is 4.55 Å². The summed E-state index contributed by atoms with van der Waals surface area (Å²) in [6.07, 6.45) is 0. The molecule has 0 heterocycles. The molecule has 0 amide bonds. The van der Waals surface area contributed by atoms with Crippen LogP contribution in [0.4, 0.5) is 0 Å². The van der Waals surface area contributed by atoms with Gasteiger partial charge in [0.25, 0.3) is 20.2 Å². The molecule has 9 heteroatoms. The molecule has 0 spiro atoms. The lowest BCUT2D eigenvalue weighted by molar-refractivity contribution is 0.401. The topological polar surface area (TPSA) is 97.7 Å². The van der Waals surface area contributed by atoms with Crippen LogP contribution in [-0.4, -0.2) is 47.1 Å². The molecular formula is C3H9BO6S2. The Hall–Kier alpha value is -0.115. The van der Waals surface area contributed by atoms with E-state index in [9.17, 15) is 16.8 Å². The molecule has 0 bridgehead atoms. The highest BCUT2D eigenvalue weighted by Crippen LogP contribution is 1.89. The van der Waals surface area contributed by atoms with Gasteiger partial charge in [-0.1, -0.05) is 0 Å². The van der Waals surface area contributed by atoms with Gasteiger partial charge in [-0.2, -0.15) is 0 Å². The van der Waals surface area contributed by atoms with Crippen LogP contribution in [-0.2, 0) is 24.4 Å². The molecular weight excluding hydrogens is 207 g/mol. The van der Waals surface area contributed by atoms with Crippen molar-refractivity contribution in [3.63, 3.8) is 0 Å². The van der Waals surface area contributed by atoms with Crippen molar-refractivity contribution < 1.29 is 25.6 Å². The molecule has 0 aliphatic carbocycles. The van der Waals surface area contributed by atoms with Crippen molar-refractivity contribution in [3.8, 4) is 0 Å². The van der Waals surface area contributed by atoms with Crippen LogP contribution in [0.5, 0.6) is 0 Å². The molecule has 0 saturated carbocycles. The first kappa shape index (κ1) is 11.9.